The van der Waals surface area contributed by atoms with Gasteiger partial charge in [-0.15, -0.1) is 0 Å². The van der Waals surface area contributed by atoms with Gasteiger partial charge in [0, 0.05) is 13.1 Å². The van der Waals surface area contributed by atoms with E-state index < -0.39 is 35.6 Å². The highest BCUT2D eigenvalue weighted by atomic mass is 19.4. The minimum absolute atomic E-state index is 0.0218. The molecular weight excluding hydrogens is 289 g/mol. The molecule has 0 aliphatic carbocycles. The number of nitrogens with zero attached hydrogens (tertiary/aromatic N) is 1. The van der Waals surface area contributed by atoms with E-state index >= 15 is 0 Å². The highest BCUT2D eigenvalue weighted by molar-refractivity contribution is 5.81. The van der Waals surface area contributed by atoms with Crippen molar-refractivity contribution in [2.75, 3.05) is 13.1 Å². The van der Waals surface area contributed by atoms with Crippen molar-refractivity contribution in [2.45, 2.75) is 51.8 Å². The maximum absolute atomic E-state index is 12.6. The molecule has 5 nitrogen and oxygen atoms in total. The first kappa shape index (κ1) is 17.6. The van der Waals surface area contributed by atoms with Gasteiger partial charge in [-0.25, -0.2) is 4.79 Å². The molecule has 0 aromatic rings. The summed E-state index contributed by atoms with van der Waals surface area (Å²) < 4.78 is 43.0. The lowest BCUT2D eigenvalue weighted by Crippen LogP contribution is -2.51. The summed E-state index contributed by atoms with van der Waals surface area (Å²) in [5.41, 5.74) is 2.85. The lowest BCUT2D eigenvalue weighted by Gasteiger charge is -2.40. The highest BCUT2D eigenvalue weighted by Crippen LogP contribution is 2.41. The van der Waals surface area contributed by atoms with E-state index in [1.165, 1.54) is 4.90 Å². The van der Waals surface area contributed by atoms with Gasteiger partial charge in [-0.3, -0.25) is 4.79 Å². The predicted molar refractivity (Wildman–Crippen MR) is 69.3 cm³/mol. The molecule has 1 aliphatic rings. The molecule has 0 radical (unpaired) electrons. The van der Waals surface area contributed by atoms with E-state index in [2.05, 4.69) is 0 Å². The first-order valence-corrected chi connectivity index (χ1v) is 6.69. The van der Waals surface area contributed by atoms with Crippen LogP contribution in [0.4, 0.5) is 18.0 Å². The first-order valence-electron chi connectivity index (χ1n) is 6.69. The fourth-order valence-corrected chi connectivity index (χ4v) is 2.34. The molecule has 2 N–H and O–H groups in total. The molecule has 0 aromatic heterocycles. The fraction of sp³-hybridized carbons (Fsp3) is 0.846. The number of carbonyl (C=O) groups excluding carboxylic acids is 2. The maximum Gasteiger partial charge on any atom is 0.410 e. The Morgan fingerprint density at radius 1 is 1.19 bits per heavy atom. The summed E-state index contributed by atoms with van der Waals surface area (Å²) in [6, 6.07) is 0. The van der Waals surface area contributed by atoms with Crippen LogP contribution in [0.1, 0.15) is 40.0 Å². The number of rotatable bonds is 2. The second-order valence-electron chi connectivity index (χ2n) is 6.40. The standard InChI is InChI=1S/C13H21F3N2O3/c1-11(2,3)21-10(20)18-6-4-12(5-7-18,9(17)19)8-13(14,15)16/h4-8H2,1-3H3,(H2,17,19). The number of hydrogen-bond donors (Lipinski definition) is 1. The third-order valence-corrected chi connectivity index (χ3v) is 3.43. The van der Waals surface area contributed by atoms with E-state index in [4.69, 9.17) is 10.5 Å². The third kappa shape index (κ3) is 5.09. The Hall–Kier alpha value is -1.47. The van der Waals surface area contributed by atoms with Crippen LogP contribution < -0.4 is 5.73 Å². The quantitative estimate of drug-likeness (QED) is 0.851. The van der Waals surface area contributed by atoms with E-state index in [-0.39, 0.29) is 25.9 Å². The van der Waals surface area contributed by atoms with Gasteiger partial charge in [0.25, 0.3) is 0 Å². The molecule has 2 amide bonds. The van der Waals surface area contributed by atoms with E-state index in [1.807, 2.05) is 0 Å². The van der Waals surface area contributed by atoms with Gasteiger partial charge in [0.15, 0.2) is 0 Å². The number of halogens is 3. The van der Waals surface area contributed by atoms with Crippen LogP contribution in [0.5, 0.6) is 0 Å². The van der Waals surface area contributed by atoms with Crippen LogP contribution in [0, 0.1) is 5.41 Å². The first-order chi connectivity index (χ1) is 9.35. The van der Waals surface area contributed by atoms with Crippen LogP contribution in [0.15, 0.2) is 0 Å². The molecule has 1 heterocycles. The van der Waals surface area contributed by atoms with Gasteiger partial charge >= 0.3 is 12.3 Å². The number of likely N-dealkylation sites (tertiary alicyclic amines) is 1. The number of hydrogen-bond acceptors (Lipinski definition) is 3. The molecule has 122 valence electrons. The number of alkyl halides is 3. The lowest BCUT2D eigenvalue weighted by atomic mass is 9.75. The molecule has 0 bridgehead atoms. The van der Waals surface area contributed by atoms with Crippen molar-refractivity contribution in [2.24, 2.45) is 11.1 Å². The molecule has 1 aliphatic heterocycles. The van der Waals surface area contributed by atoms with Crippen molar-refractivity contribution < 1.29 is 27.5 Å². The van der Waals surface area contributed by atoms with Gasteiger partial charge in [0.2, 0.25) is 5.91 Å². The van der Waals surface area contributed by atoms with Crippen molar-refractivity contribution in [3.8, 4) is 0 Å². The van der Waals surface area contributed by atoms with E-state index in [0.29, 0.717) is 0 Å². The smallest absolute Gasteiger partial charge is 0.410 e. The number of nitrogens with two attached hydrogens (primary N) is 1. The largest absolute Gasteiger partial charge is 0.444 e. The maximum atomic E-state index is 12.6. The summed E-state index contributed by atoms with van der Waals surface area (Å²) in [4.78, 5) is 24.6. The Bertz CT molecular complexity index is 408. The highest BCUT2D eigenvalue weighted by Gasteiger charge is 2.48. The zero-order valence-electron chi connectivity index (χ0n) is 12.4. The normalized spacial score (nSPS) is 19.2. The fourth-order valence-electron chi connectivity index (χ4n) is 2.34. The Balaban J connectivity index is 2.71. The molecule has 1 fully saturated rings. The monoisotopic (exact) mass is 310 g/mol. The molecule has 0 saturated carbocycles. The van der Waals surface area contributed by atoms with Crippen LogP contribution in [0.3, 0.4) is 0 Å². The van der Waals surface area contributed by atoms with Crippen molar-refractivity contribution in [1.29, 1.82) is 0 Å². The summed E-state index contributed by atoms with van der Waals surface area (Å²) in [6.07, 6.45) is -6.53. The number of piperidine rings is 1. The van der Waals surface area contributed by atoms with E-state index in [1.54, 1.807) is 20.8 Å². The van der Waals surface area contributed by atoms with Crippen LogP contribution in [-0.2, 0) is 9.53 Å². The molecule has 21 heavy (non-hydrogen) atoms. The van der Waals surface area contributed by atoms with Gasteiger partial charge in [-0.05, 0) is 33.6 Å². The van der Waals surface area contributed by atoms with Gasteiger partial charge in [0.05, 0.1) is 11.8 Å². The van der Waals surface area contributed by atoms with Crippen molar-refractivity contribution in [1.82, 2.24) is 4.90 Å². The molecular formula is C13H21F3N2O3. The summed E-state index contributed by atoms with van der Waals surface area (Å²) in [5.74, 6) is -0.969. The second kappa shape index (κ2) is 5.73. The lowest BCUT2D eigenvalue weighted by molar-refractivity contribution is -0.172. The molecule has 0 spiro atoms. The van der Waals surface area contributed by atoms with Crippen molar-refractivity contribution >= 4 is 12.0 Å². The third-order valence-electron chi connectivity index (χ3n) is 3.43. The van der Waals surface area contributed by atoms with Crippen LogP contribution in [-0.4, -0.2) is 41.8 Å². The number of carbonyl (C=O) groups is 2. The Labute approximate surface area is 121 Å². The van der Waals surface area contributed by atoms with E-state index in [0.717, 1.165) is 0 Å². The summed E-state index contributed by atoms with van der Waals surface area (Å²) in [7, 11) is 0. The Morgan fingerprint density at radius 3 is 2.00 bits per heavy atom. The molecule has 1 rings (SSSR count). The topological polar surface area (TPSA) is 72.6 Å². The molecule has 8 heteroatoms. The second-order valence-corrected chi connectivity index (χ2v) is 6.40. The van der Waals surface area contributed by atoms with Crippen LogP contribution in [0.25, 0.3) is 0 Å². The Morgan fingerprint density at radius 2 is 1.67 bits per heavy atom. The summed E-state index contributed by atoms with van der Waals surface area (Å²) in [6.45, 7) is 5.15. The molecule has 0 aromatic carbocycles. The molecule has 0 atom stereocenters. The van der Waals surface area contributed by atoms with Crippen LogP contribution in [0.2, 0.25) is 0 Å². The molecule has 0 unspecified atom stereocenters. The summed E-state index contributed by atoms with van der Waals surface area (Å²) in [5, 5.41) is 0. The zero-order chi connectivity index (χ0) is 16.5. The Kier molecular flexibility index (Phi) is 4.80. The minimum atomic E-state index is -4.47. The SMILES string of the molecule is CC(C)(C)OC(=O)N1CCC(CC(F)(F)F)(C(N)=O)CC1. The predicted octanol–water partition coefficient (Wildman–Crippen LogP) is 2.44. The van der Waals surface area contributed by atoms with Gasteiger partial charge < -0.3 is 15.4 Å². The zero-order valence-corrected chi connectivity index (χ0v) is 12.4. The summed E-state index contributed by atoms with van der Waals surface area (Å²) >= 11 is 0. The van der Waals surface area contributed by atoms with Gasteiger partial charge in [-0.1, -0.05) is 0 Å². The number of amides is 2. The average Bonchev–Trinajstić information content (AvgIpc) is 2.24. The van der Waals surface area contributed by atoms with Gasteiger partial charge in [-0.2, -0.15) is 13.2 Å². The van der Waals surface area contributed by atoms with Crippen molar-refractivity contribution in [3.63, 3.8) is 0 Å². The van der Waals surface area contributed by atoms with Crippen molar-refractivity contribution in [3.05, 3.63) is 0 Å². The number of ether oxygens (including phenoxy) is 1. The van der Waals surface area contributed by atoms with E-state index in [9.17, 15) is 22.8 Å². The van der Waals surface area contributed by atoms with Gasteiger partial charge in [0.1, 0.15) is 5.60 Å². The minimum Gasteiger partial charge on any atom is -0.444 e. The van der Waals surface area contributed by atoms with Crippen LogP contribution >= 0.6 is 0 Å². The number of primary amides is 1. The average molecular weight is 310 g/mol. The molecule has 1 saturated heterocycles.